The first kappa shape index (κ1) is 18.0. The van der Waals surface area contributed by atoms with Gasteiger partial charge >= 0.3 is 0 Å². The minimum atomic E-state index is -3.29. The third-order valence-corrected chi connectivity index (χ3v) is 7.34. The van der Waals surface area contributed by atoms with Gasteiger partial charge in [-0.3, -0.25) is 0 Å². The zero-order chi connectivity index (χ0) is 18.7. The molecule has 3 rings (SSSR count). The molecule has 3 aromatic carbocycles. The predicted octanol–water partition coefficient (Wildman–Crippen LogP) is 3.36. The lowest BCUT2D eigenvalue weighted by Gasteiger charge is -2.23. The number of rotatable bonds is 5. The SMILES string of the molecule is C=CCc1cc(F)ccc1P(=O)(c1cccc(N)c1)c1cccc(N)c1. The lowest BCUT2D eigenvalue weighted by Crippen LogP contribution is -2.28. The first-order chi connectivity index (χ1) is 12.4. The van der Waals surface area contributed by atoms with Crippen molar-refractivity contribution in [1.82, 2.24) is 0 Å². The van der Waals surface area contributed by atoms with E-state index in [4.69, 9.17) is 11.5 Å². The summed E-state index contributed by atoms with van der Waals surface area (Å²) in [4.78, 5) is 0. The van der Waals surface area contributed by atoms with Crippen LogP contribution in [0.4, 0.5) is 15.8 Å². The van der Waals surface area contributed by atoms with Crippen LogP contribution in [0.1, 0.15) is 5.56 Å². The van der Waals surface area contributed by atoms with Gasteiger partial charge in [-0.2, -0.15) is 0 Å². The molecule has 0 aliphatic heterocycles. The van der Waals surface area contributed by atoms with Gasteiger partial charge in [-0.05, 0) is 54.4 Å². The van der Waals surface area contributed by atoms with Crippen LogP contribution >= 0.6 is 7.14 Å². The number of anilines is 2. The van der Waals surface area contributed by atoms with E-state index in [0.29, 0.717) is 39.3 Å². The summed E-state index contributed by atoms with van der Waals surface area (Å²) in [6.07, 6.45) is 2.07. The second-order valence-electron chi connectivity index (χ2n) is 6.07. The summed E-state index contributed by atoms with van der Waals surface area (Å²) in [6, 6.07) is 18.3. The molecular formula is C21H20FN2OP. The highest BCUT2D eigenvalue weighted by molar-refractivity contribution is 7.85. The molecule has 0 spiro atoms. The normalized spacial score (nSPS) is 11.3. The van der Waals surface area contributed by atoms with E-state index >= 15 is 0 Å². The number of hydrogen-bond donors (Lipinski definition) is 2. The maximum atomic E-state index is 14.5. The van der Waals surface area contributed by atoms with E-state index in [1.807, 2.05) is 0 Å². The maximum absolute atomic E-state index is 14.5. The zero-order valence-corrected chi connectivity index (χ0v) is 15.1. The van der Waals surface area contributed by atoms with Crippen molar-refractivity contribution in [1.29, 1.82) is 0 Å². The Balaban J connectivity index is 2.36. The fourth-order valence-electron chi connectivity index (χ4n) is 3.05. The molecule has 132 valence electrons. The van der Waals surface area contributed by atoms with Gasteiger partial charge in [0.15, 0.2) is 7.14 Å². The standard InChI is InChI=1S/C21H20FN2OP/c1-2-5-15-12-16(22)10-11-21(15)26(25,19-8-3-6-17(23)13-19)20-9-4-7-18(24)14-20/h2-4,6-14H,1,5,23-24H2. The molecule has 0 aliphatic carbocycles. The fraction of sp³-hybridized carbons (Fsp3) is 0.0476. The van der Waals surface area contributed by atoms with Crippen LogP contribution in [0.5, 0.6) is 0 Å². The van der Waals surface area contributed by atoms with Gasteiger partial charge in [0.05, 0.1) is 0 Å². The smallest absolute Gasteiger partial charge is 0.171 e. The fourth-order valence-corrected chi connectivity index (χ4v) is 6.00. The molecule has 0 aromatic heterocycles. The average molecular weight is 366 g/mol. The number of nitrogens with two attached hydrogens (primary N) is 2. The van der Waals surface area contributed by atoms with E-state index in [9.17, 15) is 8.96 Å². The van der Waals surface area contributed by atoms with Crippen LogP contribution < -0.4 is 27.4 Å². The Kier molecular flexibility index (Phi) is 4.97. The van der Waals surface area contributed by atoms with Crippen LogP contribution in [-0.4, -0.2) is 0 Å². The molecule has 0 saturated heterocycles. The van der Waals surface area contributed by atoms with Gasteiger partial charge in [-0.25, -0.2) is 4.39 Å². The lowest BCUT2D eigenvalue weighted by atomic mass is 10.1. The summed E-state index contributed by atoms with van der Waals surface area (Å²) in [7, 11) is -3.29. The van der Waals surface area contributed by atoms with Crippen LogP contribution in [-0.2, 0) is 11.0 Å². The van der Waals surface area contributed by atoms with Crippen molar-refractivity contribution in [2.45, 2.75) is 6.42 Å². The van der Waals surface area contributed by atoms with Crippen LogP contribution in [0.2, 0.25) is 0 Å². The van der Waals surface area contributed by atoms with E-state index < -0.39 is 7.14 Å². The van der Waals surface area contributed by atoms with Crippen molar-refractivity contribution in [3.8, 4) is 0 Å². The molecule has 0 aliphatic rings. The minimum Gasteiger partial charge on any atom is -0.399 e. The van der Waals surface area contributed by atoms with Crippen LogP contribution in [0.15, 0.2) is 79.4 Å². The number of benzene rings is 3. The molecule has 0 bridgehead atoms. The zero-order valence-electron chi connectivity index (χ0n) is 14.2. The molecule has 4 N–H and O–H groups in total. The first-order valence-electron chi connectivity index (χ1n) is 8.17. The van der Waals surface area contributed by atoms with Crippen molar-refractivity contribution in [2.24, 2.45) is 0 Å². The van der Waals surface area contributed by atoms with Crippen molar-refractivity contribution in [3.63, 3.8) is 0 Å². The van der Waals surface area contributed by atoms with E-state index in [1.165, 1.54) is 12.1 Å². The van der Waals surface area contributed by atoms with Crippen molar-refractivity contribution >= 4 is 34.4 Å². The van der Waals surface area contributed by atoms with Gasteiger partial charge < -0.3 is 16.0 Å². The van der Waals surface area contributed by atoms with Crippen LogP contribution in [0.3, 0.4) is 0 Å². The summed E-state index contributed by atoms with van der Waals surface area (Å²) in [5, 5.41) is 1.73. The Hall–Kier alpha value is -2.84. The second kappa shape index (κ2) is 7.19. The van der Waals surface area contributed by atoms with Gasteiger partial charge in [-0.15, -0.1) is 6.58 Å². The number of allylic oxidation sites excluding steroid dienone is 1. The maximum Gasteiger partial charge on any atom is 0.171 e. The van der Waals surface area contributed by atoms with E-state index in [1.54, 1.807) is 60.7 Å². The molecule has 0 heterocycles. The summed E-state index contributed by atoms with van der Waals surface area (Å²) in [5.41, 5.74) is 13.5. The molecule has 0 radical (unpaired) electrons. The number of hydrogen-bond acceptors (Lipinski definition) is 3. The first-order valence-corrected chi connectivity index (χ1v) is 9.88. The van der Waals surface area contributed by atoms with Crippen LogP contribution in [0, 0.1) is 5.82 Å². The van der Waals surface area contributed by atoms with Gasteiger partial charge in [-0.1, -0.05) is 30.3 Å². The van der Waals surface area contributed by atoms with Gasteiger partial charge in [0.2, 0.25) is 0 Å². The topological polar surface area (TPSA) is 69.1 Å². The highest BCUT2D eigenvalue weighted by Crippen LogP contribution is 2.44. The van der Waals surface area contributed by atoms with E-state index in [0.717, 1.165) is 0 Å². The van der Waals surface area contributed by atoms with Crippen molar-refractivity contribution < 1.29 is 8.96 Å². The van der Waals surface area contributed by atoms with Gasteiger partial charge in [0, 0.05) is 27.3 Å². The average Bonchev–Trinajstić information content (AvgIpc) is 2.61. The minimum absolute atomic E-state index is 0.377. The summed E-state index contributed by atoms with van der Waals surface area (Å²) < 4.78 is 28.3. The Morgan fingerprint density at radius 1 is 0.923 bits per heavy atom. The quantitative estimate of drug-likeness (QED) is 0.413. The third kappa shape index (κ3) is 3.29. The van der Waals surface area contributed by atoms with Crippen molar-refractivity contribution in [2.75, 3.05) is 11.5 Å². The monoisotopic (exact) mass is 366 g/mol. The van der Waals surface area contributed by atoms with E-state index in [2.05, 4.69) is 6.58 Å². The predicted molar refractivity (Wildman–Crippen MR) is 109 cm³/mol. The summed E-state index contributed by atoms with van der Waals surface area (Å²) >= 11 is 0. The van der Waals surface area contributed by atoms with Gasteiger partial charge in [0.1, 0.15) is 5.82 Å². The Bertz CT molecular complexity index is 967. The summed E-state index contributed by atoms with van der Waals surface area (Å²) in [5.74, 6) is -0.377. The largest absolute Gasteiger partial charge is 0.399 e. The van der Waals surface area contributed by atoms with Gasteiger partial charge in [0.25, 0.3) is 0 Å². The molecule has 3 nitrogen and oxygen atoms in total. The third-order valence-electron chi connectivity index (χ3n) is 4.21. The Morgan fingerprint density at radius 3 is 2.00 bits per heavy atom. The highest BCUT2D eigenvalue weighted by atomic mass is 31.2. The molecular weight excluding hydrogens is 346 g/mol. The lowest BCUT2D eigenvalue weighted by molar-refractivity contribution is 0.592. The van der Waals surface area contributed by atoms with Crippen LogP contribution in [0.25, 0.3) is 0 Å². The van der Waals surface area contributed by atoms with E-state index in [-0.39, 0.29) is 5.82 Å². The number of halogens is 1. The van der Waals surface area contributed by atoms with Crippen molar-refractivity contribution in [3.05, 3.63) is 90.8 Å². The Labute approximate surface area is 152 Å². The highest BCUT2D eigenvalue weighted by Gasteiger charge is 2.32. The molecule has 0 unspecified atom stereocenters. The molecule has 3 aromatic rings. The molecule has 26 heavy (non-hydrogen) atoms. The Morgan fingerprint density at radius 2 is 1.50 bits per heavy atom. The molecule has 0 amide bonds. The number of nitrogen functional groups attached to an aromatic ring is 2. The summed E-state index contributed by atoms with van der Waals surface area (Å²) in [6.45, 7) is 3.73. The molecule has 0 fully saturated rings. The molecule has 0 atom stereocenters. The second-order valence-corrected chi connectivity index (χ2v) is 8.80. The molecule has 0 saturated carbocycles. The molecule has 5 heteroatoms.